The van der Waals surface area contributed by atoms with Crippen LogP contribution in [0.3, 0.4) is 0 Å². The van der Waals surface area contributed by atoms with E-state index in [1.165, 1.54) is 11.1 Å². The fourth-order valence-electron chi connectivity index (χ4n) is 1.03. The molecule has 78 valence electrons. The van der Waals surface area contributed by atoms with Crippen molar-refractivity contribution in [2.75, 3.05) is 5.32 Å². The number of hydrogen-bond donors (Lipinski definition) is 1. The molecule has 1 N–H and O–H groups in total. The molecular formula is C12H20N2. The zero-order valence-corrected chi connectivity index (χ0v) is 9.76. The summed E-state index contributed by atoms with van der Waals surface area (Å²) in [4.78, 5) is 4.25. The maximum Gasteiger partial charge on any atom is 0.132 e. The van der Waals surface area contributed by atoms with Gasteiger partial charge in [-0.3, -0.25) is 0 Å². The molecule has 0 fully saturated rings. The van der Waals surface area contributed by atoms with E-state index in [1.54, 1.807) is 0 Å². The second kappa shape index (κ2) is 7.13. The van der Waals surface area contributed by atoms with Crippen LogP contribution in [0.5, 0.6) is 0 Å². The van der Waals surface area contributed by atoms with Gasteiger partial charge >= 0.3 is 0 Å². The van der Waals surface area contributed by atoms with Gasteiger partial charge in [0, 0.05) is 6.20 Å². The quantitative estimate of drug-likeness (QED) is 0.773. The number of nitrogens with one attached hydrogen (secondary N) is 1. The van der Waals surface area contributed by atoms with Crippen molar-refractivity contribution in [1.82, 2.24) is 4.98 Å². The number of hydrogen-bond acceptors (Lipinski definition) is 2. The molecule has 2 heteroatoms. The molecule has 0 bridgehead atoms. The van der Waals surface area contributed by atoms with Gasteiger partial charge in [-0.15, -0.1) is 0 Å². The Bertz CT molecular complexity index is 290. The van der Waals surface area contributed by atoms with Crippen LogP contribution in [-0.2, 0) is 0 Å². The third-order valence-electron chi connectivity index (χ3n) is 1.60. The average molecular weight is 192 g/mol. The number of allylic oxidation sites excluding steroid dienone is 1. The summed E-state index contributed by atoms with van der Waals surface area (Å²) in [5.74, 6) is 0.929. The van der Waals surface area contributed by atoms with Crippen LogP contribution in [0.15, 0.2) is 24.5 Å². The first-order valence-electron chi connectivity index (χ1n) is 5.05. The van der Waals surface area contributed by atoms with Gasteiger partial charge in [-0.25, -0.2) is 4.98 Å². The predicted molar refractivity (Wildman–Crippen MR) is 63.5 cm³/mol. The number of aromatic nitrogens is 1. The molecule has 0 saturated heterocycles. The summed E-state index contributed by atoms with van der Waals surface area (Å²) in [5.41, 5.74) is 2.37. The van der Waals surface area contributed by atoms with E-state index in [9.17, 15) is 0 Å². The summed E-state index contributed by atoms with van der Waals surface area (Å²) in [6.45, 7) is 10.1. The van der Waals surface area contributed by atoms with Crippen LogP contribution in [0.25, 0.3) is 0 Å². The molecule has 1 heterocycles. The number of rotatable bonds is 2. The number of anilines is 1. The van der Waals surface area contributed by atoms with Crippen molar-refractivity contribution in [3.05, 3.63) is 35.7 Å². The molecule has 0 amide bonds. The lowest BCUT2D eigenvalue weighted by Crippen LogP contribution is -1.94. The van der Waals surface area contributed by atoms with Crippen LogP contribution in [0.1, 0.15) is 31.9 Å². The predicted octanol–water partition coefficient (Wildman–Crippen LogP) is 3.67. The number of nitrogens with zero attached hydrogens (tertiary/aromatic N) is 1. The van der Waals surface area contributed by atoms with Crippen LogP contribution < -0.4 is 5.32 Å². The third kappa shape index (κ3) is 4.08. The lowest BCUT2D eigenvalue weighted by Gasteiger charge is -2.03. The Morgan fingerprint density at radius 1 is 1.29 bits per heavy atom. The molecule has 0 radical (unpaired) electrons. The molecule has 0 unspecified atom stereocenters. The van der Waals surface area contributed by atoms with Gasteiger partial charge in [0.1, 0.15) is 5.82 Å². The highest BCUT2D eigenvalue weighted by Crippen LogP contribution is 2.11. The standard InChI is InChI=1S/C10H14N2.C2H6/c1-4-5-11-10-9(3)6-8(2)7-12-10;1-2/h4-7H,1-3H3,(H,11,12);1-2H3/b5-4-;. The van der Waals surface area contributed by atoms with Gasteiger partial charge in [0.2, 0.25) is 0 Å². The lowest BCUT2D eigenvalue weighted by atomic mass is 10.2. The molecule has 0 aliphatic heterocycles. The molecule has 2 nitrogen and oxygen atoms in total. The second-order valence-electron chi connectivity index (χ2n) is 2.82. The highest BCUT2D eigenvalue weighted by Gasteiger charge is 1.95. The van der Waals surface area contributed by atoms with Crippen molar-refractivity contribution in [1.29, 1.82) is 0 Å². The zero-order valence-electron chi connectivity index (χ0n) is 9.76. The summed E-state index contributed by atoms with van der Waals surface area (Å²) >= 11 is 0. The summed E-state index contributed by atoms with van der Waals surface area (Å²) < 4.78 is 0. The normalized spacial score (nSPS) is 9.50. The summed E-state index contributed by atoms with van der Waals surface area (Å²) in [7, 11) is 0. The van der Waals surface area contributed by atoms with E-state index in [4.69, 9.17) is 0 Å². The van der Waals surface area contributed by atoms with E-state index in [2.05, 4.69) is 16.4 Å². The van der Waals surface area contributed by atoms with Crippen LogP contribution in [0, 0.1) is 13.8 Å². The average Bonchev–Trinajstić information content (AvgIpc) is 2.20. The molecule has 0 aliphatic rings. The molecule has 1 rings (SSSR count). The first-order valence-corrected chi connectivity index (χ1v) is 5.05. The van der Waals surface area contributed by atoms with Gasteiger partial charge in [-0.2, -0.15) is 0 Å². The van der Waals surface area contributed by atoms with E-state index in [1.807, 2.05) is 53.1 Å². The van der Waals surface area contributed by atoms with Crippen molar-refractivity contribution >= 4 is 5.82 Å². The number of aryl methyl sites for hydroxylation is 2. The first-order chi connectivity index (χ1) is 6.74. The third-order valence-corrected chi connectivity index (χ3v) is 1.60. The molecule has 14 heavy (non-hydrogen) atoms. The molecule has 0 saturated carbocycles. The van der Waals surface area contributed by atoms with Crippen LogP contribution in [0.2, 0.25) is 0 Å². The van der Waals surface area contributed by atoms with Crippen molar-refractivity contribution < 1.29 is 0 Å². The summed E-state index contributed by atoms with van der Waals surface area (Å²) in [6.07, 6.45) is 5.68. The first kappa shape index (κ1) is 12.7. The Balaban J connectivity index is 0.000000791. The van der Waals surface area contributed by atoms with E-state index < -0.39 is 0 Å². The van der Waals surface area contributed by atoms with Crippen LogP contribution in [-0.4, -0.2) is 4.98 Å². The molecule has 1 aromatic heterocycles. The van der Waals surface area contributed by atoms with Crippen LogP contribution >= 0.6 is 0 Å². The zero-order chi connectivity index (χ0) is 11.0. The minimum absolute atomic E-state index is 0.929. The van der Waals surface area contributed by atoms with Crippen molar-refractivity contribution in [2.24, 2.45) is 0 Å². The minimum Gasteiger partial charge on any atom is -0.347 e. The van der Waals surface area contributed by atoms with Gasteiger partial charge in [-0.05, 0) is 38.1 Å². The second-order valence-corrected chi connectivity index (χ2v) is 2.82. The maximum atomic E-state index is 4.25. The Morgan fingerprint density at radius 3 is 2.43 bits per heavy atom. The Labute approximate surface area is 87.1 Å². The van der Waals surface area contributed by atoms with Crippen LogP contribution in [0.4, 0.5) is 5.82 Å². The summed E-state index contributed by atoms with van der Waals surface area (Å²) in [6, 6.07) is 2.11. The topological polar surface area (TPSA) is 24.9 Å². The van der Waals surface area contributed by atoms with Crippen molar-refractivity contribution in [2.45, 2.75) is 34.6 Å². The fraction of sp³-hybridized carbons (Fsp3) is 0.417. The minimum atomic E-state index is 0.929. The van der Waals surface area contributed by atoms with Gasteiger partial charge in [0.05, 0.1) is 0 Å². The molecule has 0 aromatic carbocycles. The SMILES string of the molecule is C/C=C\Nc1ncc(C)cc1C.CC. The largest absolute Gasteiger partial charge is 0.347 e. The fourth-order valence-corrected chi connectivity index (χ4v) is 1.03. The maximum absolute atomic E-state index is 4.25. The van der Waals surface area contributed by atoms with E-state index in [0.717, 1.165) is 5.82 Å². The smallest absolute Gasteiger partial charge is 0.132 e. The van der Waals surface area contributed by atoms with E-state index >= 15 is 0 Å². The Morgan fingerprint density at radius 2 is 1.93 bits per heavy atom. The highest BCUT2D eigenvalue weighted by atomic mass is 15.0. The van der Waals surface area contributed by atoms with Gasteiger partial charge in [-0.1, -0.05) is 26.0 Å². The molecule has 1 aromatic rings. The summed E-state index contributed by atoms with van der Waals surface area (Å²) in [5, 5.41) is 3.10. The van der Waals surface area contributed by atoms with Gasteiger partial charge < -0.3 is 5.32 Å². The van der Waals surface area contributed by atoms with E-state index in [-0.39, 0.29) is 0 Å². The molecule has 0 atom stereocenters. The molecule has 0 aliphatic carbocycles. The van der Waals surface area contributed by atoms with Gasteiger partial charge in [0.25, 0.3) is 0 Å². The Hall–Kier alpha value is -1.31. The van der Waals surface area contributed by atoms with E-state index in [0.29, 0.717) is 0 Å². The van der Waals surface area contributed by atoms with Crippen molar-refractivity contribution in [3.8, 4) is 0 Å². The Kier molecular flexibility index (Phi) is 6.46. The highest BCUT2D eigenvalue weighted by molar-refractivity contribution is 5.46. The number of pyridine rings is 1. The van der Waals surface area contributed by atoms with Crippen molar-refractivity contribution in [3.63, 3.8) is 0 Å². The lowest BCUT2D eigenvalue weighted by molar-refractivity contribution is 1.21. The van der Waals surface area contributed by atoms with Gasteiger partial charge in [0.15, 0.2) is 0 Å². The monoisotopic (exact) mass is 192 g/mol. The molecular weight excluding hydrogens is 172 g/mol. The molecule has 0 spiro atoms.